The maximum atomic E-state index is 6.05. The van der Waals surface area contributed by atoms with Crippen molar-refractivity contribution in [2.24, 2.45) is 0 Å². The van der Waals surface area contributed by atoms with Crippen molar-refractivity contribution >= 4 is 17.5 Å². The quantitative estimate of drug-likeness (QED) is 0.882. The molecule has 0 radical (unpaired) electrons. The third kappa shape index (κ3) is 3.88. The molecule has 2 aromatic rings. The van der Waals surface area contributed by atoms with E-state index >= 15 is 0 Å². The summed E-state index contributed by atoms with van der Waals surface area (Å²) in [6.45, 7) is 2.65. The second kappa shape index (κ2) is 6.99. The van der Waals surface area contributed by atoms with Gasteiger partial charge in [0, 0.05) is 24.7 Å². The molecule has 0 bridgehead atoms. The van der Waals surface area contributed by atoms with Crippen molar-refractivity contribution in [3.05, 3.63) is 29.4 Å². The van der Waals surface area contributed by atoms with Crippen LogP contribution in [-0.4, -0.2) is 30.7 Å². The summed E-state index contributed by atoms with van der Waals surface area (Å²) in [5, 5.41) is 3.31. The second-order valence-electron chi connectivity index (χ2n) is 4.03. The molecule has 0 fully saturated rings. The highest BCUT2D eigenvalue weighted by Crippen LogP contribution is 2.32. The van der Waals surface area contributed by atoms with Crippen molar-refractivity contribution in [1.29, 1.82) is 0 Å². The van der Waals surface area contributed by atoms with Crippen molar-refractivity contribution in [2.45, 2.75) is 6.92 Å². The van der Waals surface area contributed by atoms with Crippen LogP contribution >= 0.6 is 11.6 Å². The fraction of sp³-hybridized carbons (Fsp3) is 0.286. The Kier molecular flexibility index (Phi) is 5.05. The number of anilines is 1. The van der Waals surface area contributed by atoms with Crippen molar-refractivity contribution < 1.29 is 14.2 Å². The highest BCUT2D eigenvalue weighted by molar-refractivity contribution is 6.31. The lowest BCUT2D eigenvalue weighted by Gasteiger charge is -2.11. The first-order valence-corrected chi connectivity index (χ1v) is 6.71. The van der Waals surface area contributed by atoms with Crippen LogP contribution in [0, 0.1) is 0 Å². The molecule has 0 saturated heterocycles. The van der Waals surface area contributed by atoms with Gasteiger partial charge in [-0.05, 0) is 6.92 Å². The minimum atomic E-state index is 0.262. The molecule has 0 spiro atoms. The Morgan fingerprint density at radius 3 is 2.29 bits per heavy atom. The van der Waals surface area contributed by atoms with Crippen molar-refractivity contribution in [3.8, 4) is 23.1 Å². The van der Waals surface area contributed by atoms with Crippen molar-refractivity contribution in [2.75, 3.05) is 26.1 Å². The van der Waals surface area contributed by atoms with Crippen LogP contribution in [0.2, 0.25) is 5.02 Å². The Morgan fingerprint density at radius 1 is 1.10 bits per heavy atom. The van der Waals surface area contributed by atoms with Gasteiger partial charge in [-0.25, -0.2) is 4.98 Å². The largest absolute Gasteiger partial charge is 0.496 e. The summed E-state index contributed by atoms with van der Waals surface area (Å²) in [7, 11) is 3.14. The predicted molar refractivity (Wildman–Crippen MR) is 80.8 cm³/mol. The Labute approximate surface area is 128 Å². The van der Waals surface area contributed by atoms with E-state index in [0.717, 1.165) is 0 Å². The van der Waals surface area contributed by atoms with Crippen LogP contribution in [0.25, 0.3) is 0 Å². The second-order valence-corrected chi connectivity index (χ2v) is 4.43. The number of methoxy groups -OCH3 is 2. The Morgan fingerprint density at radius 2 is 1.71 bits per heavy atom. The first kappa shape index (κ1) is 15.2. The maximum Gasteiger partial charge on any atom is 0.243 e. The lowest BCUT2D eigenvalue weighted by atomic mass is 10.3. The zero-order valence-corrected chi connectivity index (χ0v) is 12.8. The molecule has 0 unspecified atom stereocenters. The van der Waals surface area contributed by atoms with Crippen molar-refractivity contribution in [3.63, 3.8) is 0 Å². The summed E-state index contributed by atoms with van der Waals surface area (Å²) in [5.74, 6) is 2.45. The number of aromatic nitrogens is 2. The van der Waals surface area contributed by atoms with Crippen LogP contribution < -0.4 is 19.5 Å². The molecule has 112 valence electrons. The first-order valence-electron chi connectivity index (χ1n) is 6.33. The highest BCUT2D eigenvalue weighted by Gasteiger charge is 2.10. The number of hydrogen-bond donors (Lipinski definition) is 1. The SMILES string of the molecule is CCNc1ncc(Cl)c(Oc2cc(OC)cc(OC)c2)n1. The molecule has 1 N–H and O–H groups in total. The van der Waals surface area contributed by atoms with E-state index in [0.29, 0.717) is 34.8 Å². The van der Waals surface area contributed by atoms with E-state index in [9.17, 15) is 0 Å². The third-order valence-corrected chi connectivity index (χ3v) is 2.85. The lowest BCUT2D eigenvalue weighted by Crippen LogP contribution is -2.03. The zero-order valence-electron chi connectivity index (χ0n) is 12.0. The van der Waals surface area contributed by atoms with Gasteiger partial charge in [-0.15, -0.1) is 0 Å². The van der Waals surface area contributed by atoms with E-state index in [4.69, 9.17) is 25.8 Å². The number of halogens is 1. The molecule has 0 amide bonds. The maximum absolute atomic E-state index is 6.05. The molecule has 0 aliphatic carbocycles. The topological polar surface area (TPSA) is 65.5 Å². The predicted octanol–water partition coefficient (Wildman–Crippen LogP) is 3.37. The Hall–Kier alpha value is -2.21. The summed E-state index contributed by atoms with van der Waals surface area (Å²) in [6, 6.07) is 5.18. The number of nitrogens with one attached hydrogen (secondary N) is 1. The van der Waals surface area contributed by atoms with Gasteiger partial charge in [-0.1, -0.05) is 11.6 Å². The molecule has 1 heterocycles. The number of nitrogens with zero attached hydrogens (tertiary/aromatic N) is 2. The summed E-state index contributed by atoms with van der Waals surface area (Å²) in [6.07, 6.45) is 1.49. The van der Waals surface area contributed by atoms with E-state index in [1.807, 2.05) is 6.92 Å². The number of rotatable bonds is 6. The zero-order chi connectivity index (χ0) is 15.2. The molecule has 1 aromatic heterocycles. The van der Waals surface area contributed by atoms with Gasteiger partial charge in [0.15, 0.2) is 0 Å². The van der Waals surface area contributed by atoms with Gasteiger partial charge < -0.3 is 19.5 Å². The van der Waals surface area contributed by atoms with E-state index in [-0.39, 0.29) is 5.88 Å². The van der Waals surface area contributed by atoms with Gasteiger partial charge in [0.25, 0.3) is 0 Å². The summed E-state index contributed by atoms with van der Waals surface area (Å²) in [5.41, 5.74) is 0. The molecular formula is C14H16ClN3O3. The third-order valence-electron chi connectivity index (χ3n) is 2.59. The van der Waals surface area contributed by atoms with Gasteiger partial charge >= 0.3 is 0 Å². The van der Waals surface area contributed by atoms with Gasteiger partial charge in [-0.2, -0.15) is 4.98 Å². The van der Waals surface area contributed by atoms with Crippen molar-refractivity contribution in [1.82, 2.24) is 9.97 Å². The van der Waals surface area contributed by atoms with Crippen LogP contribution in [0.4, 0.5) is 5.95 Å². The molecule has 21 heavy (non-hydrogen) atoms. The molecule has 7 heteroatoms. The highest BCUT2D eigenvalue weighted by atomic mass is 35.5. The Bertz CT molecular complexity index is 600. The van der Waals surface area contributed by atoms with Crippen LogP contribution in [0.15, 0.2) is 24.4 Å². The molecule has 1 aromatic carbocycles. The van der Waals surface area contributed by atoms with Gasteiger partial charge in [-0.3, -0.25) is 0 Å². The summed E-state index contributed by atoms with van der Waals surface area (Å²) in [4.78, 5) is 8.26. The molecule has 0 saturated carbocycles. The number of hydrogen-bond acceptors (Lipinski definition) is 6. The van der Waals surface area contributed by atoms with E-state index in [2.05, 4.69) is 15.3 Å². The normalized spacial score (nSPS) is 10.1. The fourth-order valence-electron chi connectivity index (χ4n) is 1.62. The summed E-state index contributed by atoms with van der Waals surface area (Å²) < 4.78 is 16.1. The first-order chi connectivity index (χ1) is 10.2. The van der Waals surface area contributed by atoms with Crippen LogP contribution in [0.1, 0.15) is 6.92 Å². The van der Waals surface area contributed by atoms with Crippen LogP contribution in [0.3, 0.4) is 0 Å². The summed E-state index contributed by atoms with van der Waals surface area (Å²) >= 11 is 6.05. The van der Waals surface area contributed by atoms with Gasteiger partial charge in [0.05, 0.1) is 20.4 Å². The molecule has 0 aliphatic rings. The fourth-order valence-corrected chi connectivity index (χ4v) is 1.75. The minimum absolute atomic E-state index is 0.262. The van der Waals surface area contributed by atoms with E-state index in [1.165, 1.54) is 6.20 Å². The number of benzene rings is 1. The average molecular weight is 310 g/mol. The van der Waals surface area contributed by atoms with E-state index in [1.54, 1.807) is 32.4 Å². The molecule has 0 aliphatic heterocycles. The van der Waals surface area contributed by atoms with Gasteiger partial charge in [0.1, 0.15) is 22.3 Å². The molecule has 2 rings (SSSR count). The molecular weight excluding hydrogens is 294 g/mol. The minimum Gasteiger partial charge on any atom is -0.496 e. The van der Waals surface area contributed by atoms with Crippen LogP contribution in [0.5, 0.6) is 23.1 Å². The molecule has 0 atom stereocenters. The van der Waals surface area contributed by atoms with Gasteiger partial charge in [0.2, 0.25) is 11.8 Å². The average Bonchev–Trinajstić information content (AvgIpc) is 2.50. The number of ether oxygens (including phenoxy) is 3. The Balaban J connectivity index is 2.30. The molecule has 6 nitrogen and oxygen atoms in total. The smallest absolute Gasteiger partial charge is 0.243 e. The standard InChI is InChI=1S/C14H16ClN3O3/c1-4-16-14-17-8-12(15)13(18-14)21-11-6-9(19-2)5-10(7-11)20-3/h5-8H,4H2,1-3H3,(H,16,17,18). The lowest BCUT2D eigenvalue weighted by molar-refractivity contribution is 0.385. The van der Waals surface area contributed by atoms with E-state index < -0.39 is 0 Å². The van der Waals surface area contributed by atoms with Crippen LogP contribution in [-0.2, 0) is 0 Å². The monoisotopic (exact) mass is 309 g/mol.